The summed E-state index contributed by atoms with van der Waals surface area (Å²) in [6, 6.07) is 7.00. The Morgan fingerprint density at radius 2 is 1.95 bits per heavy atom. The molecule has 1 atom stereocenters. The average molecular weight is 260 g/mol. The largest absolute Gasteiger partial charge is 0.497 e. The summed E-state index contributed by atoms with van der Waals surface area (Å²) in [5.74, 6) is 0.472. The number of rotatable bonds is 3. The lowest BCUT2D eigenvalue weighted by atomic mass is 10.0. The van der Waals surface area contributed by atoms with Crippen LogP contribution < -0.4 is 4.74 Å². The van der Waals surface area contributed by atoms with Crippen molar-refractivity contribution in [2.45, 2.75) is 38.2 Å². The summed E-state index contributed by atoms with van der Waals surface area (Å²) in [6.45, 7) is 0. The van der Waals surface area contributed by atoms with Crippen molar-refractivity contribution in [3.63, 3.8) is 0 Å². The van der Waals surface area contributed by atoms with E-state index in [0.29, 0.717) is 5.56 Å². The smallest absolute Gasteiger partial charge is 0.338 e. The van der Waals surface area contributed by atoms with E-state index in [-0.39, 0.29) is 12.1 Å². The van der Waals surface area contributed by atoms with Crippen LogP contribution in [-0.2, 0) is 4.74 Å². The molecule has 1 unspecified atom stereocenters. The van der Waals surface area contributed by atoms with Crippen molar-refractivity contribution in [3.8, 4) is 5.75 Å². The normalized spacial score (nSPS) is 21.0. The third kappa shape index (κ3) is 4.12. The van der Waals surface area contributed by atoms with Crippen molar-refractivity contribution in [1.29, 1.82) is 0 Å². The number of hydrogen-bond acceptors (Lipinski definition) is 3. The van der Waals surface area contributed by atoms with Crippen molar-refractivity contribution in [3.05, 3.63) is 42.0 Å². The maximum absolute atomic E-state index is 12.0. The number of carbonyl (C=O) groups excluding carboxylic acids is 1. The highest BCUT2D eigenvalue weighted by molar-refractivity contribution is 5.89. The van der Waals surface area contributed by atoms with E-state index >= 15 is 0 Å². The fourth-order valence-electron chi connectivity index (χ4n) is 2.16. The predicted molar refractivity (Wildman–Crippen MR) is 74.4 cm³/mol. The number of methoxy groups -OCH3 is 1. The quantitative estimate of drug-likeness (QED) is 0.613. The molecule has 0 N–H and O–H groups in total. The summed E-state index contributed by atoms with van der Waals surface area (Å²) in [7, 11) is 1.60. The molecule has 1 aliphatic rings. The summed E-state index contributed by atoms with van der Waals surface area (Å²) in [5, 5.41) is 0. The molecule has 0 amide bonds. The molecule has 1 aliphatic carbocycles. The van der Waals surface area contributed by atoms with Gasteiger partial charge in [-0.1, -0.05) is 12.5 Å². The Bertz CT molecular complexity index is 434. The first-order valence-electron chi connectivity index (χ1n) is 6.81. The zero-order valence-corrected chi connectivity index (χ0v) is 11.3. The minimum atomic E-state index is -0.266. The Hall–Kier alpha value is -1.77. The Balaban J connectivity index is 1.96. The van der Waals surface area contributed by atoms with Gasteiger partial charge in [-0.25, -0.2) is 4.79 Å². The molecule has 1 aromatic rings. The van der Waals surface area contributed by atoms with Gasteiger partial charge in [0.2, 0.25) is 0 Å². The molecule has 0 saturated heterocycles. The van der Waals surface area contributed by atoms with Gasteiger partial charge in [0.25, 0.3) is 0 Å². The number of benzene rings is 1. The second kappa shape index (κ2) is 6.98. The molecule has 0 heterocycles. The van der Waals surface area contributed by atoms with Crippen LogP contribution in [0.15, 0.2) is 36.4 Å². The van der Waals surface area contributed by atoms with Crippen molar-refractivity contribution in [1.82, 2.24) is 0 Å². The van der Waals surface area contributed by atoms with Gasteiger partial charge in [0.15, 0.2) is 0 Å². The van der Waals surface area contributed by atoms with Gasteiger partial charge in [-0.2, -0.15) is 0 Å². The van der Waals surface area contributed by atoms with Crippen molar-refractivity contribution < 1.29 is 14.3 Å². The molecule has 0 aromatic heterocycles. The molecule has 3 nitrogen and oxygen atoms in total. The summed E-state index contributed by atoms with van der Waals surface area (Å²) < 4.78 is 10.6. The number of carbonyl (C=O) groups is 1. The van der Waals surface area contributed by atoms with Gasteiger partial charge < -0.3 is 9.47 Å². The number of allylic oxidation sites excluding steroid dienone is 1. The molecule has 0 spiro atoms. The van der Waals surface area contributed by atoms with E-state index in [0.717, 1.165) is 25.0 Å². The Kier molecular flexibility index (Phi) is 5.01. The van der Waals surface area contributed by atoms with Crippen molar-refractivity contribution in [2.75, 3.05) is 7.11 Å². The highest BCUT2D eigenvalue weighted by atomic mass is 16.5. The maximum atomic E-state index is 12.0. The van der Waals surface area contributed by atoms with Crippen LogP contribution in [0.3, 0.4) is 0 Å². The molecule has 102 valence electrons. The predicted octanol–water partition coefficient (Wildman–Crippen LogP) is 3.74. The van der Waals surface area contributed by atoms with Gasteiger partial charge in [0.05, 0.1) is 12.7 Å². The Morgan fingerprint density at radius 3 is 2.68 bits per heavy atom. The molecule has 0 aliphatic heterocycles. The fraction of sp³-hybridized carbons (Fsp3) is 0.438. The van der Waals surface area contributed by atoms with Crippen LogP contribution in [-0.4, -0.2) is 19.2 Å². The first-order valence-corrected chi connectivity index (χ1v) is 6.81. The molecule has 2 rings (SSSR count). The third-order valence-electron chi connectivity index (χ3n) is 3.29. The van der Waals surface area contributed by atoms with Crippen LogP contribution in [0.1, 0.15) is 42.5 Å². The summed E-state index contributed by atoms with van der Waals surface area (Å²) in [5.41, 5.74) is 0.566. The van der Waals surface area contributed by atoms with Crippen LogP contribution in [0.2, 0.25) is 0 Å². The lowest BCUT2D eigenvalue weighted by molar-refractivity contribution is 0.0374. The highest BCUT2D eigenvalue weighted by Gasteiger charge is 2.14. The number of ether oxygens (including phenoxy) is 2. The fourth-order valence-corrected chi connectivity index (χ4v) is 2.16. The van der Waals surface area contributed by atoms with E-state index in [1.54, 1.807) is 31.4 Å². The van der Waals surface area contributed by atoms with Gasteiger partial charge in [0, 0.05) is 0 Å². The summed E-state index contributed by atoms with van der Waals surface area (Å²) in [4.78, 5) is 12.0. The van der Waals surface area contributed by atoms with Gasteiger partial charge in [-0.3, -0.25) is 0 Å². The summed E-state index contributed by atoms with van der Waals surface area (Å²) >= 11 is 0. The van der Waals surface area contributed by atoms with Crippen LogP contribution in [0.5, 0.6) is 5.75 Å². The number of hydrogen-bond donors (Lipinski definition) is 0. The Labute approximate surface area is 114 Å². The average Bonchev–Trinajstić information content (AvgIpc) is 2.41. The van der Waals surface area contributed by atoms with E-state index in [4.69, 9.17) is 9.47 Å². The number of esters is 1. The van der Waals surface area contributed by atoms with E-state index < -0.39 is 0 Å². The molecule has 0 fully saturated rings. The molecule has 0 saturated carbocycles. The van der Waals surface area contributed by atoms with E-state index in [9.17, 15) is 4.79 Å². The van der Waals surface area contributed by atoms with E-state index in [1.807, 2.05) is 6.08 Å². The Morgan fingerprint density at radius 1 is 1.16 bits per heavy atom. The molecule has 0 bridgehead atoms. The van der Waals surface area contributed by atoms with Crippen LogP contribution in [0.25, 0.3) is 0 Å². The minimum Gasteiger partial charge on any atom is -0.497 e. The van der Waals surface area contributed by atoms with Crippen molar-refractivity contribution in [2.24, 2.45) is 0 Å². The zero-order valence-electron chi connectivity index (χ0n) is 11.3. The molecular formula is C16H20O3. The van der Waals surface area contributed by atoms with Crippen LogP contribution >= 0.6 is 0 Å². The highest BCUT2D eigenvalue weighted by Crippen LogP contribution is 2.17. The molecule has 1 aromatic carbocycles. The standard InChI is InChI=1S/C16H20O3/c1-18-14-11-9-13(10-12-14)16(17)19-15-7-5-3-2-4-6-8-15/h5,7,9-12,15H,2-4,6,8H2,1H3/b7-5-. The molecule has 3 heteroatoms. The molecular weight excluding hydrogens is 240 g/mol. The van der Waals surface area contributed by atoms with Gasteiger partial charge >= 0.3 is 5.97 Å². The van der Waals surface area contributed by atoms with Crippen LogP contribution in [0.4, 0.5) is 0 Å². The monoisotopic (exact) mass is 260 g/mol. The lowest BCUT2D eigenvalue weighted by Gasteiger charge is -2.16. The van der Waals surface area contributed by atoms with E-state index in [2.05, 4.69) is 6.08 Å². The second-order valence-corrected chi connectivity index (χ2v) is 4.74. The second-order valence-electron chi connectivity index (χ2n) is 4.74. The van der Waals surface area contributed by atoms with Gasteiger partial charge in [-0.05, 0) is 56.0 Å². The minimum absolute atomic E-state index is 0.0881. The van der Waals surface area contributed by atoms with Crippen LogP contribution in [0, 0.1) is 0 Å². The van der Waals surface area contributed by atoms with Gasteiger partial charge in [-0.15, -0.1) is 0 Å². The maximum Gasteiger partial charge on any atom is 0.338 e. The first-order chi connectivity index (χ1) is 9.29. The molecule has 19 heavy (non-hydrogen) atoms. The lowest BCUT2D eigenvalue weighted by Crippen LogP contribution is -2.16. The third-order valence-corrected chi connectivity index (χ3v) is 3.29. The van der Waals surface area contributed by atoms with E-state index in [1.165, 1.54) is 12.8 Å². The molecule has 0 radical (unpaired) electrons. The van der Waals surface area contributed by atoms with Crippen molar-refractivity contribution >= 4 is 5.97 Å². The van der Waals surface area contributed by atoms with Gasteiger partial charge in [0.1, 0.15) is 11.9 Å². The summed E-state index contributed by atoms with van der Waals surface area (Å²) in [6.07, 6.45) is 9.59. The SMILES string of the molecule is COc1ccc(C(=O)OC2/C=C\CCCCC2)cc1. The zero-order chi connectivity index (χ0) is 13.5. The topological polar surface area (TPSA) is 35.5 Å². The first kappa shape index (κ1) is 13.7.